The quantitative estimate of drug-likeness (QED) is 0.481. The third-order valence-electron chi connectivity index (χ3n) is 3.29. The van der Waals surface area contributed by atoms with E-state index in [2.05, 4.69) is 67.3 Å². The Bertz CT molecular complexity index is 576. The molecule has 2 rings (SSSR count). The molecule has 0 bridgehead atoms. The minimum atomic E-state index is 0.661. The summed E-state index contributed by atoms with van der Waals surface area (Å²) in [6, 6.07) is 17.2. The largest absolute Gasteiger partial charge is 0.376 e. The van der Waals surface area contributed by atoms with Crippen molar-refractivity contribution in [2.24, 2.45) is 0 Å². The Labute approximate surface area is 127 Å². The first kappa shape index (κ1) is 15.3. The van der Waals surface area contributed by atoms with Gasteiger partial charge in [0.05, 0.1) is 13.2 Å². The summed E-state index contributed by atoms with van der Waals surface area (Å²) in [4.78, 5) is 0. The highest BCUT2D eigenvalue weighted by atomic mass is 16.5. The van der Waals surface area contributed by atoms with Gasteiger partial charge in [0.1, 0.15) is 0 Å². The number of hydrogen-bond acceptors (Lipinski definition) is 1. The van der Waals surface area contributed by atoms with E-state index in [1.165, 1.54) is 22.3 Å². The molecule has 0 aliphatic carbocycles. The first-order chi connectivity index (χ1) is 10.3. The van der Waals surface area contributed by atoms with Gasteiger partial charge in [-0.2, -0.15) is 0 Å². The first-order valence-electron chi connectivity index (χ1n) is 7.34. The zero-order valence-electron chi connectivity index (χ0n) is 12.6. The van der Waals surface area contributed by atoms with Gasteiger partial charge < -0.3 is 4.74 Å². The number of hydrogen-bond donors (Lipinski definition) is 0. The van der Waals surface area contributed by atoms with Crippen molar-refractivity contribution in [2.75, 3.05) is 6.61 Å². The molecule has 0 aromatic heterocycles. The van der Waals surface area contributed by atoms with Crippen LogP contribution in [0.3, 0.4) is 0 Å². The van der Waals surface area contributed by atoms with Crippen LogP contribution in [0.1, 0.15) is 24.5 Å². The molecule has 21 heavy (non-hydrogen) atoms. The van der Waals surface area contributed by atoms with Crippen LogP contribution >= 0.6 is 0 Å². The van der Waals surface area contributed by atoms with Gasteiger partial charge in [-0.1, -0.05) is 66.8 Å². The average molecular weight is 278 g/mol. The van der Waals surface area contributed by atoms with E-state index in [9.17, 15) is 0 Å². The second-order valence-electron chi connectivity index (χ2n) is 4.95. The number of rotatable bonds is 7. The van der Waals surface area contributed by atoms with Gasteiger partial charge in [-0.25, -0.2) is 0 Å². The second kappa shape index (κ2) is 8.23. The van der Waals surface area contributed by atoms with Crippen LogP contribution in [0.25, 0.3) is 17.2 Å². The topological polar surface area (TPSA) is 9.23 Å². The Morgan fingerprint density at radius 1 is 0.952 bits per heavy atom. The van der Waals surface area contributed by atoms with E-state index >= 15 is 0 Å². The lowest BCUT2D eigenvalue weighted by Gasteiger charge is -2.06. The highest BCUT2D eigenvalue weighted by Gasteiger charge is 1.98. The van der Waals surface area contributed by atoms with E-state index < -0.39 is 0 Å². The van der Waals surface area contributed by atoms with Crippen molar-refractivity contribution in [3.05, 3.63) is 78.4 Å². The lowest BCUT2D eigenvalue weighted by atomic mass is 10.0. The summed E-state index contributed by atoms with van der Waals surface area (Å²) < 4.78 is 5.57. The molecule has 2 aromatic carbocycles. The summed E-state index contributed by atoms with van der Waals surface area (Å²) in [6.45, 7) is 7.11. The Balaban J connectivity index is 1.99. The molecule has 0 radical (unpaired) electrons. The Kier molecular flexibility index (Phi) is 5.99. The summed E-state index contributed by atoms with van der Waals surface area (Å²) >= 11 is 0. The van der Waals surface area contributed by atoms with Crippen molar-refractivity contribution < 1.29 is 4.74 Å². The molecular formula is C20H22O. The van der Waals surface area contributed by atoms with E-state index in [0.29, 0.717) is 6.61 Å². The molecule has 0 N–H and O–H groups in total. The molecule has 2 aromatic rings. The molecule has 0 saturated heterocycles. The smallest absolute Gasteiger partial charge is 0.0717 e. The maximum absolute atomic E-state index is 5.57. The van der Waals surface area contributed by atoms with Crippen LogP contribution in [0.15, 0.2) is 67.3 Å². The zero-order chi connectivity index (χ0) is 14.9. The molecule has 0 amide bonds. The SMILES string of the molecule is C=CCCOCc1ccc(-c2ccc(/C=C\C)cc2)cc1. The van der Waals surface area contributed by atoms with Gasteiger partial charge in [0.2, 0.25) is 0 Å². The minimum Gasteiger partial charge on any atom is -0.376 e. The third kappa shape index (κ3) is 4.73. The van der Waals surface area contributed by atoms with Crippen LogP contribution in [-0.4, -0.2) is 6.61 Å². The molecule has 0 aliphatic heterocycles. The zero-order valence-corrected chi connectivity index (χ0v) is 12.6. The van der Waals surface area contributed by atoms with Crippen LogP contribution < -0.4 is 0 Å². The van der Waals surface area contributed by atoms with Crippen LogP contribution in [0.5, 0.6) is 0 Å². The Hall–Kier alpha value is -2.12. The fraction of sp³-hybridized carbons (Fsp3) is 0.200. The predicted molar refractivity (Wildman–Crippen MR) is 91.1 cm³/mol. The van der Waals surface area contributed by atoms with Crippen molar-refractivity contribution in [3.63, 3.8) is 0 Å². The molecule has 108 valence electrons. The standard InChI is InChI=1S/C20H22O/c1-3-5-15-21-16-18-9-13-20(14-10-18)19-11-7-17(6-4-2)8-12-19/h3-4,6-14H,1,5,15-16H2,2H3/b6-4-. The number of ether oxygens (including phenoxy) is 1. The summed E-state index contributed by atoms with van der Waals surface area (Å²) in [6.07, 6.45) is 6.93. The molecular weight excluding hydrogens is 256 g/mol. The lowest BCUT2D eigenvalue weighted by Crippen LogP contribution is -1.94. The van der Waals surface area contributed by atoms with Crippen molar-refractivity contribution in [2.45, 2.75) is 20.0 Å². The van der Waals surface area contributed by atoms with E-state index in [1.54, 1.807) is 0 Å². The first-order valence-corrected chi connectivity index (χ1v) is 7.34. The van der Waals surface area contributed by atoms with Gasteiger partial charge in [-0.15, -0.1) is 6.58 Å². The van der Waals surface area contributed by atoms with E-state index in [1.807, 2.05) is 13.0 Å². The second-order valence-corrected chi connectivity index (χ2v) is 4.95. The van der Waals surface area contributed by atoms with Crippen molar-refractivity contribution >= 4 is 6.08 Å². The molecule has 0 fully saturated rings. The normalized spacial score (nSPS) is 10.9. The van der Waals surface area contributed by atoms with Gasteiger partial charge in [0, 0.05) is 0 Å². The molecule has 0 aliphatic rings. The summed E-state index contributed by atoms with van der Waals surface area (Å²) in [5, 5.41) is 0. The lowest BCUT2D eigenvalue weighted by molar-refractivity contribution is 0.125. The van der Waals surface area contributed by atoms with Crippen LogP contribution in [-0.2, 0) is 11.3 Å². The van der Waals surface area contributed by atoms with E-state index in [4.69, 9.17) is 4.74 Å². The summed E-state index contributed by atoms with van der Waals surface area (Å²) in [5.74, 6) is 0. The Morgan fingerprint density at radius 3 is 2.14 bits per heavy atom. The number of benzene rings is 2. The van der Waals surface area contributed by atoms with Crippen LogP contribution in [0, 0.1) is 0 Å². The van der Waals surface area contributed by atoms with E-state index in [-0.39, 0.29) is 0 Å². The van der Waals surface area contributed by atoms with Crippen LogP contribution in [0.4, 0.5) is 0 Å². The van der Waals surface area contributed by atoms with Crippen molar-refractivity contribution in [1.82, 2.24) is 0 Å². The molecule has 0 atom stereocenters. The highest BCUT2D eigenvalue weighted by Crippen LogP contribution is 2.21. The number of allylic oxidation sites excluding steroid dienone is 1. The molecule has 0 unspecified atom stereocenters. The molecule has 1 heteroatoms. The van der Waals surface area contributed by atoms with Gasteiger partial charge in [0.25, 0.3) is 0 Å². The van der Waals surface area contributed by atoms with Gasteiger partial charge >= 0.3 is 0 Å². The Morgan fingerprint density at radius 2 is 1.57 bits per heavy atom. The molecule has 1 nitrogen and oxygen atoms in total. The highest BCUT2D eigenvalue weighted by molar-refractivity contribution is 5.65. The molecule has 0 heterocycles. The maximum atomic E-state index is 5.57. The fourth-order valence-corrected chi connectivity index (χ4v) is 2.13. The third-order valence-corrected chi connectivity index (χ3v) is 3.29. The maximum Gasteiger partial charge on any atom is 0.0717 e. The van der Waals surface area contributed by atoms with E-state index in [0.717, 1.165) is 13.0 Å². The summed E-state index contributed by atoms with van der Waals surface area (Å²) in [7, 11) is 0. The average Bonchev–Trinajstić information content (AvgIpc) is 2.53. The summed E-state index contributed by atoms with van der Waals surface area (Å²) in [5.41, 5.74) is 4.90. The molecule has 0 saturated carbocycles. The predicted octanol–water partition coefficient (Wildman–Crippen LogP) is 5.48. The van der Waals surface area contributed by atoms with Gasteiger partial charge in [-0.3, -0.25) is 0 Å². The monoisotopic (exact) mass is 278 g/mol. The van der Waals surface area contributed by atoms with Crippen LogP contribution in [0.2, 0.25) is 0 Å². The minimum absolute atomic E-state index is 0.661. The molecule has 0 spiro atoms. The fourth-order valence-electron chi connectivity index (χ4n) is 2.13. The van der Waals surface area contributed by atoms with Gasteiger partial charge in [-0.05, 0) is 35.6 Å². The van der Waals surface area contributed by atoms with Crippen molar-refractivity contribution in [1.29, 1.82) is 0 Å². The van der Waals surface area contributed by atoms with Gasteiger partial charge in [0.15, 0.2) is 0 Å². The van der Waals surface area contributed by atoms with Crippen molar-refractivity contribution in [3.8, 4) is 11.1 Å².